The highest BCUT2D eigenvalue weighted by Gasteiger charge is 2.32. The van der Waals surface area contributed by atoms with Gasteiger partial charge in [-0.3, -0.25) is 9.89 Å². The van der Waals surface area contributed by atoms with Gasteiger partial charge in [0.15, 0.2) is 5.82 Å². The van der Waals surface area contributed by atoms with E-state index < -0.39 is 0 Å². The van der Waals surface area contributed by atoms with Gasteiger partial charge in [0.05, 0.1) is 10.5 Å². The molecule has 28 heavy (non-hydrogen) atoms. The SMILES string of the molecule is Cc1ccccc1COc1ccc([C@H]2S[C@@H](C)C(=O)Nc3n[nH]c(C)c32)cc1. The van der Waals surface area contributed by atoms with E-state index in [9.17, 15) is 4.79 Å². The first-order chi connectivity index (χ1) is 13.5. The van der Waals surface area contributed by atoms with Crippen LogP contribution in [0.4, 0.5) is 5.82 Å². The Balaban J connectivity index is 1.55. The summed E-state index contributed by atoms with van der Waals surface area (Å²) in [5.41, 5.74) is 5.55. The smallest absolute Gasteiger partial charge is 0.238 e. The molecule has 144 valence electrons. The van der Waals surface area contributed by atoms with Crippen LogP contribution in [0.5, 0.6) is 5.75 Å². The number of anilines is 1. The van der Waals surface area contributed by atoms with Gasteiger partial charge in [0.25, 0.3) is 0 Å². The van der Waals surface area contributed by atoms with Crippen molar-refractivity contribution in [2.24, 2.45) is 0 Å². The summed E-state index contributed by atoms with van der Waals surface area (Å²) in [5, 5.41) is 10.1. The number of thioether (sulfide) groups is 1. The molecule has 0 unspecified atom stereocenters. The molecule has 0 spiro atoms. The second-order valence-corrected chi connectivity index (χ2v) is 8.49. The van der Waals surface area contributed by atoms with Crippen LogP contribution in [0.2, 0.25) is 0 Å². The van der Waals surface area contributed by atoms with E-state index in [1.165, 1.54) is 11.1 Å². The molecule has 1 aliphatic rings. The number of aromatic nitrogens is 2. The number of H-pyrrole nitrogens is 1. The first kappa shape index (κ1) is 18.6. The molecule has 1 aliphatic heterocycles. The average molecular weight is 394 g/mol. The van der Waals surface area contributed by atoms with Crippen LogP contribution < -0.4 is 10.1 Å². The topological polar surface area (TPSA) is 67.0 Å². The number of aromatic amines is 1. The zero-order valence-corrected chi connectivity index (χ0v) is 17.0. The van der Waals surface area contributed by atoms with Gasteiger partial charge in [0.1, 0.15) is 12.4 Å². The summed E-state index contributed by atoms with van der Waals surface area (Å²) >= 11 is 1.64. The average Bonchev–Trinajstić information content (AvgIpc) is 2.99. The number of ether oxygens (including phenoxy) is 1. The maximum atomic E-state index is 12.3. The van der Waals surface area contributed by atoms with E-state index in [0.717, 1.165) is 22.6 Å². The molecule has 3 aromatic rings. The molecular weight excluding hydrogens is 370 g/mol. The monoisotopic (exact) mass is 393 g/mol. The minimum absolute atomic E-state index is 0.0153. The number of nitrogens with zero attached hydrogens (tertiary/aromatic N) is 1. The maximum Gasteiger partial charge on any atom is 0.238 e. The molecule has 5 nitrogen and oxygen atoms in total. The van der Waals surface area contributed by atoms with Crippen molar-refractivity contribution in [1.29, 1.82) is 0 Å². The predicted octanol–water partition coefficient (Wildman–Crippen LogP) is 4.77. The Bertz CT molecular complexity index is 997. The highest BCUT2D eigenvalue weighted by Crippen LogP contribution is 2.44. The van der Waals surface area contributed by atoms with E-state index in [4.69, 9.17) is 4.74 Å². The number of hydrogen-bond donors (Lipinski definition) is 2. The van der Waals surface area contributed by atoms with Crippen molar-refractivity contribution < 1.29 is 9.53 Å². The lowest BCUT2D eigenvalue weighted by molar-refractivity contribution is -0.115. The van der Waals surface area contributed by atoms with Gasteiger partial charge in [-0.05, 0) is 49.6 Å². The van der Waals surface area contributed by atoms with Crippen molar-refractivity contribution in [3.8, 4) is 5.75 Å². The predicted molar refractivity (Wildman–Crippen MR) is 113 cm³/mol. The van der Waals surface area contributed by atoms with E-state index in [0.29, 0.717) is 12.4 Å². The van der Waals surface area contributed by atoms with Crippen LogP contribution in [0.15, 0.2) is 48.5 Å². The number of carbonyl (C=O) groups is 1. The number of aryl methyl sites for hydroxylation is 2. The maximum absolute atomic E-state index is 12.3. The molecule has 2 aromatic carbocycles. The van der Waals surface area contributed by atoms with Crippen LogP contribution in [-0.4, -0.2) is 21.4 Å². The van der Waals surface area contributed by atoms with Gasteiger partial charge >= 0.3 is 0 Å². The molecule has 0 saturated carbocycles. The third kappa shape index (κ3) is 3.64. The minimum atomic E-state index is -0.157. The van der Waals surface area contributed by atoms with E-state index in [1.807, 2.05) is 38.1 Å². The second-order valence-electron chi connectivity index (χ2n) is 7.04. The van der Waals surface area contributed by atoms with E-state index >= 15 is 0 Å². The fraction of sp³-hybridized carbons (Fsp3) is 0.273. The molecule has 2 atom stereocenters. The molecular formula is C22H23N3O2S. The second kappa shape index (κ2) is 7.72. The van der Waals surface area contributed by atoms with Gasteiger partial charge in [0.2, 0.25) is 5.91 Å². The summed E-state index contributed by atoms with van der Waals surface area (Å²) in [6, 6.07) is 16.4. The number of amides is 1. The Kier molecular flexibility index (Phi) is 5.13. The zero-order valence-electron chi connectivity index (χ0n) is 16.2. The van der Waals surface area contributed by atoms with Gasteiger partial charge < -0.3 is 10.1 Å². The molecule has 0 fully saturated rings. The molecule has 4 rings (SSSR count). The van der Waals surface area contributed by atoms with Gasteiger partial charge in [-0.25, -0.2) is 0 Å². The van der Waals surface area contributed by atoms with Crippen molar-refractivity contribution in [3.63, 3.8) is 0 Å². The summed E-state index contributed by atoms with van der Waals surface area (Å²) in [4.78, 5) is 12.3. The first-order valence-electron chi connectivity index (χ1n) is 9.31. The van der Waals surface area contributed by atoms with Crippen LogP contribution in [-0.2, 0) is 11.4 Å². The summed E-state index contributed by atoms with van der Waals surface area (Å²) in [6.07, 6.45) is 0. The summed E-state index contributed by atoms with van der Waals surface area (Å²) < 4.78 is 5.96. The van der Waals surface area contributed by atoms with Crippen molar-refractivity contribution >= 4 is 23.5 Å². The molecule has 0 radical (unpaired) electrons. The Hall–Kier alpha value is -2.73. The number of rotatable bonds is 4. The van der Waals surface area contributed by atoms with Gasteiger partial charge in [-0.1, -0.05) is 36.4 Å². The summed E-state index contributed by atoms with van der Waals surface area (Å²) in [7, 11) is 0. The third-order valence-electron chi connectivity index (χ3n) is 5.05. The number of hydrogen-bond acceptors (Lipinski definition) is 4. The number of benzene rings is 2. The van der Waals surface area contributed by atoms with Crippen molar-refractivity contribution in [3.05, 3.63) is 76.5 Å². The van der Waals surface area contributed by atoms with Crippen molar-refractivity contribution in [2.75, 3.05) is 5.32 Å². The number of carbonyl (C=O) groups excluding carboxylic acids is 1. The van der Waals surface area contributed by atoms with E-state index in [2.05, 4.69) is 46.7 Å². The lowest BCUT2D eigenvalue weighted by atomic mass is 10.0. The molecule has 0 bridgehead atoms. The molecule has 1 amide bonds. The first-order valence-corrected chi connectivity index (χ1v) is 10.3. The van der Waals surface area contributed by atoms with Gasteiger partial charge in [-0.2, -0.15) is 5.10 Å². The molecule has 1 aromatic heterocycles. The molecule has 0 aliphatic carbocycles. The van der Waals surface area contributed by atoms with Crippen LogP contribution in [0, 0.1) is 13.8 Å². The van der Waals surface area contributed by atoms with Crippen LogP contribution in [0.1, 0.15) is 40.1 Å². The molecule has 2 heterocycles. The molecule has 6 heteroatoms. The molecule has 0 saturated heterocycles. The Morgan fingerprint density at radius 1 is 1.11 bits per heavy atom. The van der Waals surface area contributed by atoms with Crippen LogP contribution in [0.25, 0.3) is 0 Å². The minimum Gasteiger partial charge on any atom is -0.489 e. The third-order valence-corrected chi connectivity index (χ3v) is 6.45. The number of fused-ring (bicyclic) bond motifs is 1. The lowest BCUT2D eigenvalue weighted by Gasteiger charge is -2.18. The van der Waals surface area contributed by atoms with Gasteiger partial charge in [-0.15, -0.1) is 11.8 Å². The Morgan fingerprint density at radius 3 is 2.61 bits per heavy atom. The number of nitrogens with one attached hydrogen (secondary N) is 2. The molecule has 2 N–H and O–H groups in total. The van der Waals surface area contributed by atoms with E-state index in [-0.39, 0.29) is 16.4 Å². The van der Waals surface area contributed by atoms with E-state index in [1.54, 1.807) is 11.8 Å². The summed E-state index contributed by atoms with van der Waals surface area (Å²) in [5.74, 6) is 1.44. The van der Waals surface area contributed by atoms with Gasteiger partial charge in [0, 0.05) is 11.3 Å². The fourth-order valence-electron chi connectivity index (χ4n) is 3.32. The standard InChI is InChI=1S/C22H23N3O2S/c1-13-6-4-5-7-17(13)12-27-18-10-8-16(9-11-18)20-19-14(2)24-25-21(19)23-22(26)15(3)28-20/h4-11,15,20H,12H2,1-3H3,(H2,23,24,25,26)/t15-,20+/m0/s1. The summed E-state index contributed by atoms with van der Waals surface area (Å²) in [6.45, 7) is 6.55. The van der Waals surface area contributed by atoms with Crippen LogP contribution >= 0.6 is 11.8 Å². The zero-order chi connectivity index (χ0) is 19.7. The highest BCUT2D eigenvalue weighted by molar-refractivity contribution is 8.01. The Labute approximate surface area is 168 Å². The van der Waals surface area contributed by atoms with Crippen LogP contribution in [0.3, 0.4) is 0 Å². The van der Waals surface area contributed by atoms with Crippen molar-refractivity contribution in [2.45, 2.75) is 37.9 Å². The quantitative estimate of drug-likeness (QED) is 0.670. The largest absolute Gasteiger partial charge is 0.489 e. The lowest BCUT2D eigenvalue weighted by Crippen LogP contribution is -2.21. The highest BCUT2D eigenvalue weighted by atomic mass is 32.2. The normalized spacial score (nSPS) is 18.9. The Morgan fingerprint density at radius 2 is 1.86 bits per heavy atom. The fourth-order valence-corrected chi connectivity index (χ4v) is 4.65. The van der Waals surface area contributed by atoms with Crippen molar-refractivity contribution in [1.82, 2.24) is 10.2 Å².